The quantitative estimate of drug-likeness (QED) is 0.915. The first-order valence-corrected chi connectivity index (χ1v) is 6.20. The minimum atomic E-state index is 0.903. The molecule has 0 unspecified atom stereocenters. The molecule has 1 aromatic heterocycles. The Morgan fingerprint density at radius 3 is 2.41 bits per heavy atom. The Balaban J connectivity index is 2.60. The third-order valence-electron chi connectivity index (χ3n) is 2.78. The molecule has 3 nitrogen and oxygen atoms in total. The van der Waals surface area contributed by atoms with E-state index >= 15 is 0 Å². The van der Waals surface area contributed by atoms with E-state index in [0.717, 1.165) is 38.6 Å². The first kappa shape index (κ1) is 12.2. The second-order valence-corrected chi connectivity index (χ2v) is 4.91. The van der Waals surface area contributed by atoms with E-state index in [1.54, 1.807) is 7.11 Å². The highest BCUT2D eigenvalue weighted by molar-refractivity contribution is 9.10. The Bertz CT molecular complexity index is 561. The normalized spacial score (nSPS) is 10.6. The van der Waals surface area contributed by atoms with E-state index < -0.39 is 0 Å². The van der Waals surface area contributed by atoms with Gasteiger partial charge in [0.25, 0.3) is 0 Å². The van der Waals surface area contributed by atoms with Gasteiger partial charge in [-0.1, -0.05) is 0 Å². The zero-order chi connectivity index (χ0) is 12.6. The van der Waals surface area contributed by atoms with Crippen molar-refractivity contribution in [2.75, 3.05) is 7.11 Å². The second kappa shape index (κ2) is 4.53. The molecule has 2 rings (SSSR count). The number of ether oxygens (including phenoxy) is 1. The van der Waals surface area contributed by atoms with Crippen LogP contribution in [-0.2, 0) is 0 Å². The molecule has 0 spiro atoms. The van der Waals surface area contributed by atoms with Gasteiger partial charge in [-0.15, -0.1) is 0 Å². The van der Waals surface area contributed by atoms with Gasteiger partial charge in [-0.25, -0.2) is 4.98 Å². The van der Waals surface area contributed by atoms with Crippen molar-refractivity contribution in [3.8, 4) is 17.0 Å². The summed E-state index contributed by atoms with van der Waals surface area (Å²) in [7, 11) is 1.69. The summed E-state index contributed by atoms with van der Waals surface area (Å²) in [6.45, 7) is 6.04. The van der Waals surface area contributed by atoms with Crippen LogP contribution in [-0.4, -0.2) is 17.1 Å². The van der Waals surface area contributed by atoms with Gasteiger partial charge in [0, 0.05) is 5.56 Å². The van der Waals surface area contributed by atoms with Crippen molar-refractivity contribution in [2.24, 2.45) is 0 Å². The molecule has 2 aromatic rings. The number of hydrogen-bond donors (Lipinski definition) is 1. The van der Waals surface area contributed by atoms with Crippen LogP contribution in [0.15, 0.2) is 16.7 Å². The molecular formula is C13H15BrN2O. The van der Waals surface area contributed by atoms with E-state index in [2.05, 4.69) is 38.9 Å². The maximum absolute atomic E-state index is 5.31. The van der Waals surface area contributed by atoms with Crippen LogP contribution in [0.2, 0.25) is 0 Å². The molecule has 0 aliphatic heterocycles. The lowest BCUT2D eigenvalue weighted by Crippen LogP contribution is -1.92. The third-order valence-corrected chi connectivity index (χ3v) is 3.35. The number of nitrogens with one attached hydrogen (secondary N) is 1. The smallest absolute Gasteiger partial charge is 0.122 e. The fourth-order valence-electron chi connectivity index (χ4n) is 1.91. The van der Waals surface area contributed by atoms with Gasteiger partial charge in [0.2, 0.25) is 0 Å². The zero-order valence-corrected chi connectivity index (χ0v) is 12.0. The van der Waals surface area contributed by atoms with Crippen LogP contribution < -0.4 is 4.74 Å². The molecule has 0 radical (unpaired) electrons. The summed E-state index contributed by atoms with van der Waals surface area (Å²) in [6, 6.07) is 4.15. The van der Waals surface area contributed by atoms with Crippen LogP contribution in [0.3, 0.4) is 0 Å². The number of methoxy groups -OCH3 is 1. The molecule has 1 N–H and O–H groups in total. The molecule has 4 heteroatoms. The molecule has 90 valence electrons. The lowest BCUT2D eigenvalue weighted by molar-refractivity contribution is 0.411. The molecule has 17 heavy (non-hydrogen) atoms. The highest BCUT2D eigenvalue weighted by Crippen LogP contribution is 2.32. The molecule has 0 bridgehead atoms. The number of benzene rings is 1. The molecule has 1 aromatic carbocycles. The number of nitrogens with zero attached hydrogens (tertiary/aromatic N) is 1. The molecule has 0 aliphatic rings. The van der Waals surface area contributed by atoms with Gasteiger partial charge in [0.15, 0.2) is 0 Å². The van der Waals surface area contributed by atoms with Crippen molar-refractivity contribution >= 4 is 15.9 Å². The molecule has 0 saturated heterocycles. The fourth-order valence-corrected chi connectivity index (χ4v) is 2.50. The maximum atomic E-state index is 5.31. The van der Waals surface area contributed by atoms with Gasteiger partial charge in [0.05, 0.1) is 7.11 Å². The number of halogens is 1. The lowest BCUT2D eigenvalue weighted by atomic mass is 10.0. The van der Waals surface area contributed by atoms with Crippen molar-refractivity contribution in [2.45, 2.75) is 20.8 Å². The monoisotopic (exact) mass is 294 g/mol. The second-order valence-electron chi connectivity index (χ2n) is 4.12. The number of H-pyrrole nitrogens is 1. The van der Waals surface area contributed by atoms with Crippen molar-refractivity contribution in [1.82, 2.24) is 9.97 Å². The Morgan fingerprint density at radius 1 is 1.18 bits per heavy atom. The molecule has 0 aliphatic carbocycles. The summed E-state index contributed by atoms with van der Waals surface area (Å²) in [5.41, 5.74) is 4.34. The van der Waals surface area contributed by atoms with E-state index in [0.29, 0.717) is 0 Å². The van der Waals surface area contributed by atoms with Crippen LogP contribution in [0.25, 0.3) is 11.3 Å². The molecule has 0 amide bonds. The molecule has 0 atom stereocenters. The predicted octanol–water partition coefficient (Wildman–Crippen LogP) is 3.77. The summed E-state index contributed by atoms with van der Waals surface area (Å²) in [5.74, 6) is 1.81. The van der Waals surface area contributed by atoms with Crippen molar-refractivity contribution in [3.05, 3.63) is 33.7 Å². The molecule has 0 saturated carbocycles. The van der Waals surface area contributed by atoms with Crippen LogP contribution >= 0.6 is 15.9 Å². The Morgan fingerprint density at radius 2 is 1.88 bits per heavy atom. The van der Waals surface area contributed by atoms with E-state index in [4.69, 9.17) is 4.74 Å². The summed E-state index contributed by atoms with van der Waals surface area (Å²) >= 11 is 3.50. The molecular weight excluding hydrogens is 280 g/mol. The predicted molar refractivity (Wildman–Crippen MR) is 72.5 cm³/mol. The SMILES string of the molecule is COc1cc(C)c(-c2nc(C)[nH]c2Br)cc1C. The van der Waals surface area contributed by atoms with Crippen LogP contribution in [0.1, 0.15) is 17.0 Å². The number of imidazole rings is 1. The van der Waals surface area contributed by atoms with Gasteiger partial charge in [-0.05, 0) is 60.0 Å². The number of aromatic amines is 1. The highest BCUT2D eigenvalue weighted by atomic mass is 79.9. The van der Waals surface area contributed by atoms with Crippen LogP contribution in [0.4, 0.5) is 0 Å². The Kier molecular flexibility index (Phi) is 3.24. The first-order valence-electron chi connectivity index (χ1n) is 5.40. The van der Waals surface area contributed by atoms with Gasteiger partial charge in [-0.2, -0.15) is 0 Å². The van der Waals surface area contributed by atoms with Crippen LogP contribution in [0.5, 0.6) is 5.75 Å². The largest absolute Gasteiger partial charge is 0.496 e. The average Bonchev–Trinajstić information content (AvgIpc) is 2.60. The average molecular weight is 295 g/mol. The lowest BCUT2D eigenvalue weighted by Gasteiger charge is -2.10. The zero-order valence-electron chi connectivity index (χ0n) is 10.4. The Labute approximate surface area is 109 Å². The minimum Gasteiger partial charge on any atom is -0.496 e. The molecule has 1 heterocycles. The van der Waals surface area contributed by atoms with Gasteiger partial charge in [-0.3, -0.25) is 0 Å². The van der Waals surface area contributed by atoms with Crippen molar-refractivity contribution < 1.29 is 4.74 Å². The fraction of sp³-hybridized carbons (Fsp3) is 0.308. The third kappa shape index (κ3) is 2.22. The van der Waals surface area contributed by atoms with Gasteiger partial charge in [0.1, 0.15) is 21.9 Å². The summed E-state index contributed by atoms with van der Waals surface area (Å²) < 4.78 is 6.23. The van der Waals surface area contributed by atoms with E-state index in [1.165, 1.54) is 0 Å². The minimum absolute atomic E-state index is 0.903. The standard InChI is InChI=1S/C13H15BrN2O/c1-7-6-11(17-4)8(2)5-10(7)12-13(14)16-9(3)15-12/h5-6H,1-4H3,(H,15,16). The van der Waals surface area contributed by atoms with Crippen molar-refractivity contribution in [1.29, 1.82) is 0 Å². The van der Waals surface area contributed by atoms with E-state index in [1.807, 2.05) is 19.9 Å². The number of aryl methyl sites for hydroxylation is 3. The van der Waals surface area contributed by atoms with Gasteiger partial charge >= 0.3 is 0 Å². The highest BCUT2D eigenvalue weighted by Gasteiger charge is 2.13. The molecule has 0 fully saturated rings. The number of rotatable bonds is 2. The van der Waals surface area contributed by atoms with Crippen LogP contribution in [0, 0.1) is 20.8 Å². The van der Waals surface area contributed by atoms with E-state index in [-0.39, 0.29) is 0 Å². The van der Waals surface area contributed by atoms with Crippen molar-refractivity contribution in [3.63, 3.8) is 0 Å². The Hall–Kier alpha value is -1.29. The summed E-state index contributed by atoms with van der Waals surface area (Å²) in [5, 5.41) is 0. The summed E-state index contributed by atoms with van der Waals surface area (Å²) in [4.78, 5) is 7.65. The first-order chi connectivity index (χ1) is 8.02. The van der Waals surface area contributed by atoms with E-state index in [9.17, 15) is 0 Å². The number of aromatic nitrogens is 2. The maximum Gasteiger partial charge on any atom is 0.122 e. The summed E-state index contributed by atoms with van der Waals surface area (Å²) in [6.07, 6.45) is 0. The van der Waals surface area contributed by atoms with Gasteiger partial charge < -0.3 is 9.72 Å². The topological polar surface area (TPSA) is 37.9 Å². The number of hydrogen-bond acceptors (Lipinski definition) is 2.